The van der Waals surface area contributed by atoms with Crippen LogP contribution in [-0.2, 0) is 20.2 Å². The van der Waals surface area contributed by atoms with E-state index < -0.39 is 20.6 Å². The third-order valence-corrected chi connectivity index (χ3v) is 7.78. The summed E-state index contributed by atoms with van der Waals surface area (Å²) >= 11 is 5.79. The molecule has 0 aliphatic carbocycles. The molecule has 3 rings (SSSR count). The van der Waals surface area contributed by atoms with E-state index in [0.717, 1.165) is 17.3 Å². The predicted molar refractivity (Wildman–Crippen MR) is 123 cm³/mol. The van der Waals surface area contributed by atoms with E-state index in [2.05, 4.69) is 26.1 Å². The van der Waals surface area contributed by atoms with E-state index >= 15 is 0 Å². The number of sulfonamides is 1. The lowest BCUT2D eigenvalue weighted by Crippen LogP contribution is -2.41. The summed E-state index contributed by atoms with van der Waals surface area (Å²) in [5.41, 5.74) is 1.19. The number of para-hydroxylation sites is 1. The van der Waals surface area contributed by atoms with Gasteiger partial charge in [0.2, 0.25) is 15.9 Å². The van der Waals surface area contributed by atoms with Gasteiger partial charge in [-0.3, -0.25) is 14.9 Å². The highest BCUT2D eigenvalue weighted by atomic mass is 35.5. The summed E-state index contributed by atoms with van der Waals surface area (Å²) in [4.78, 5) is 23.1. The van der Waals surface area contributed by atoms with Crippen molar-refractivity contribution in [2.45, 2.75) is 43.9 Å². The monoisotopic (exact) mass is 479 g/mol. The van der Waals surface area contributed by atoms with Crippen molar-refractivity contribution >= 4 is 38.9 Å². The maximum atomic E-state index is 13.0. The van der Waals surface area contributed by atoms with Crippen molar-refractivity contribution in [2.75, 3.05) is 18.4 Å². The maximum absolute atomic E-state index is 13.0. The van der Waals surface area contributed by atoms with E-state index in [1.165, 1.54) is 16.4 Å². The lowest BCUT2D eigenvalue weighted by molar-refractivity contribution is -0.384. The Morgan fingerprint density at radius 3 is 2.38 bits per heavy atom. The minimum atomic E-state index is -3.93. The van der Waals surface area contributed by atoms with Crippen LogP contribution in [-0.4, -0.2) is 36.6 Å². The van der Waals surface area contributed by atoms with Gasteiger partial charge in [0.1, 0.15) is 5.02 Å². The van der Waals surface area contributed by atoms with Crippen molar-refractivity contribution in [1.82, 2.24) is 4.31 Å². The number of benzene rings is 2. The number of nitrogens with one attached hydrogen (secondary N) is 1. The number of anilines is 1. The molecule has 1 saturated heterocycles. The highest BCUT2D eigenvalue weighted by Gasteiger charge is 2.33. The molecule has 2 aromatic rings. The first kappa shape index (κ1) is 24.2. The topological polar surface area (TPSA) is 110 Å². The molecule has 10 heteroatoms. The van der Waals surface area contributed by atoms with Gasteiger partial charge in [0.05, 0.1) is 9.82 Å². The SMILES string of the molecule is CC(C)(C)c1ccccc1NC(=O)C1CCN(S(=O)(=O)c2ccc(Cl)c([N+](=O)[O-])c2)CC1. The van der Waals surface area contributed by atoms with E-state index in [9.17, 15) is 23.3 Å². The lowest BCUT2D eigenvalue weighted by Gasteiger charge is -2.31. The Bertz CT molecular complexity index is 1140. The van der Waals surface area contributed by atoms with Crippen LogP contribution in [0.5, 0.6) is 0 Å². The Hall–Kier alpha value is -2.49. The van der Waals surface area contributed by atoms with Crippen LogP contribution in [0.15, 0.2) is 47.4 Å². The summed E-state index contributed by atoms with van der Waals surface area (Å²) in [5, 5.41) is 14.0. The average molecular weight is 480 g/mol. The summed E-state index contributed by atoms with van der Waals surface area (Å²) in [6, 6.07) is 11.1. The van der Waals surface area contributed by atoms with E-state index in [0.29, 0.717) is 12.8 Å². The van der Waals surface area contributed by atoms with Crippen molar-refractivity contribution in [2.24, 2.45) is 5.92 Å². The van der Waals surface area contributed by atoms with Crippen LogP contribution in [0.25, 0.3) is 0 Å². The van der Waals surface area contributed by atoms with Gasteiger partial charge in [0.15, 0.2) is 0 Å². The number of carbonyl (C=O) groups excluding carboxylic acids is 1. The molecular formula is C22H26ClN3O5S. The van der Waals surface area contributed by atoms with Crippen LogP contribution in [0.2, 0.25) is 5.02 Å². The molecule has 0 radical (unpaired) electrons. The number of hydrogen-bond acceptors (Lipinski definition) is 5. The van der Waals surface area contributed by atoms with Crippen LogP contribution in [0, 0.1) is 16.0 Å². The fourth-order valence-electron chi connectivity index (χ4n) is 3.78. The molecule has 0 bridgehead atoms. The van der Waals surface area contributed by atoms with Gasteiger partial charge in [-0.2, -0.15) is 4.31 Å². The zero-order chi connectivity index (χ0) is 23.7. The second-order valence-electron chi connectivity index (χ2n) is 8.83. The molecular weight excluding hydrogens is 454 g/mol. The number of rotatable bonds is 5. The van der Waals surface area contributed by atoms with Gasteiger partial charge in [-0.1, -0.05) is 50.6 Å². The van der Waals surface area contributed by atoms with Gasteiger partial charge < -0.3 is 5.32 Å². The van der Waals surface area contributed by atoms with Gasteiger partial charge >= 0.3 is 0 Å². The fraction of sp³-hybridized carbons (Fsp3) is 0.409. The Balaban J connectivity index is 1.70. The summed E-state index contributed by atoms with van der Waals surface area (Å²) in [5.74, 6) is -0.463. The normalized spacial score (nSPS) is 16.0. The van der Waals surface area contributed by atoms with Crippen LogP contribution in [0.1, 0.15) is 39.2 Å². The second-order valence-corrected chi connectivity index (χ2v) is 11.2. The first-order valence-electron chi connectivity index (χ1n) is 10.3. The number of nitro groups is 1. The Morgan fingerprint density at radius 2 is 1.78 bits per heavy atom. The Kier molecular flexibility index (Phi) is 6.92. The largest absolute Gasteiger partial charge is 0.326 e. The third kappa shape index (κ3) is 5.11. The molecule has 0 unspecified atom stereocenters. The zero-order valence-electron chi connectivity index (χ0n) is 18.2. The minimum absolute atomic E-state index is 0.125. The number of amides is 1. The standard InChI is InChI=1S/C22H26ClN3O5S/c1-22(2,3)17-6-4-5-7-19(17)24-21(27)15-10-12-25(13-11-15)32(30,31)16-8-9-18(23)20(14-16)26(28)29/h4-9,14-15H,10-13H2,1-3H3,(H,24,27). The fourth-order valence-corrected chi connectivity index (χ4v) is 5.46. The number of piperidine rings is 1. The molecule has 1 aliphatic rings. The van der Waals surface area contributed by atoms with Gasteiger partial charge in [-0.25, -0.2) is 8.42 Å². The van der Waals surface area contributed by atoms with Crippen LogP contribution >= 0.6 is 11.6 Å². The van der Waals surface area contributed by atoms with Crippen molar-refractivity contribution in [1.29, 1.82) is 0 Å². The van der Waals surface area contributed by atoms with Crippen molar-refractivity contribution in [3.8, 4) is 0 Å². The van der Waals surface area contributed by atoms with Crippen molar-refractivity contribution in [3.63, 3.8) is 0 Å². The highest BCUT2D eigenvalue weighted by Crippen LogP contribution is 2.32. The molecule has 1 N–H and O–H groups in total. The van der Waals surface area contributed by atoms with Crippen molar-refractivity contribution < 1.29 is 18.1 Å². The first-order chi connectivity index (χ1) is 14.9. The molecule has 0 saturated carbocycles. The molecule has 32 heavy (non-hydrogen) atoms. The van der Waals surface area contributed by atoms with E-state index in [1.807, 2.05) is 24.3 Å². The van der Waals surface area contributed by atoms with Crippen LogP contribution in [0.3, 0.4) is 0 Å². The number of carbonyl (C=O) groups is 1. The molecule has 8 nitrogen and oxygen atoms in total. The van der Waals surface area contributed by atoms with E-state index in [1.54, 1.807) is 0 Å². The second kappa shape index (κ2) is 9.17. The molecule has 1 amide bonds. The molecule has 0 atom stereocenters. The van der Waals surface area contributed by atoms with Gasteiger partial charge in [-0.05, 0) is 42.0 Å². The molecule has 0 spiro atoms. The first-order valence-corrected chi connectivity index (χ1v) is 12.1. The quantitative estimate of drug-likeness (QED) is 0.498. The van der Waals surface area contributed by atoms with Crippen molar-refractivity contribution in [3.05, 3.63) is 63.2 Å². The minimum Gasteiger partial charge on any atom is -0.326 e. The van der Waals surface area contributed by atoms with Crippen LogP contribution in [0.4, 0.5) is 11.4 Å². The summed E-state index contributed by atoms with van der Waals surface area (Å²) in [7, 11) is -3.93. The molecule has 1 fully saturated rings. The summed E-state index contributed by atoms with van der Waals surface area (Å²) < 4.78 is 27.2. The van der Waals surface area contributed by atoms with E-state index in [-0.39, 0.29) is 40.2 Å². The highest BCUT2D eigenvalue weighted by molar-refractivity contribution is 7.89. The number of hydrogen-bond donors (Lipinski definition) is 1. The summed E-state index contributed by atoms with van der Waals surface area (Å²) in [6.07, 6.45) is 0.719. The lowest BCUT2D eigenvalue weighted by atomic mass is 9.85. The van der Waals surface area contributed by atoms with Gasteiger partial charge in [0, 0.05) is 30.8 Å². The third-order valence-electron chi connectivity index (χ3n) is 5.57. The van der Waals surface area contributed by atoms with Gasteiger partial charge in [0.25, 0.3) is 5.69 Å². The maximum Gasteiger partial charge on any atom is 0.289 e. The summed E-state index contributed by atoms with van der Waals surface area (Å²) in [6.45, 7) is 6.52. The average Bonchev–Trinajstić information content (AvgIpc) is 2.73. The smallest absolute Gasteiger partial charge is 0.289 e. The van der Waals surface area contributed by atoms with E-state index in [4.69, 9.17) is 11.6 Å². The van der Waals surface area contributed by atoms with Gasteiger partial charge in [-0.15, -0.1) is 0 Å². The Labute approximate surface area is 192 Å². The molecule has 1 heterocycles. The molecule has 2 aromatic carbocycles. The Morgan fingerprint density at radius 1 is 1.16 bits per heavy atom. The predicted octanol–water partition coefficient (Wildman–Crippen LogP) is 4.59. The molecule has 172 valence electrons. The number of nitrogens with zero attached hydrogens (tertiary/aromatic N) is 2. The zero-order valence-corrected chi connectivity index (χ0v) is 19.7. The number of halogens is 1. The van der Waals surface area contributed by atoms with Crippen LogP contribution < -0.4 is 5.32 Å². The molecule has 0 aromatic heterocycles. The number of nitro benzene ring substituents is 1. The molecule has 1 aliphatic heterocycles.